The molecule has 20 heavy (non-hydrogen) atoms. The van der Waals surface area contributed by atoms with Gasteiger partial charge in [0.05, 0.1) is 12.0 Å². The fraction of sp³-hybridized carbons (Fsp3) is 0.333. The zero-order valence-electron chi connectivity index (χ0n) is 11.3. The van der Waals surface area contributed by atoms with Gasteiger partial charge in [0.1, 0.15) is 5.76 Å². The molecule has 2 aromatic rings. The van der Waals surface area contributed by atoms with Crippen molar-refractivity contribution >= 4 is 28.5 Å². The van der Waals surface area contributed by atoms with E-state index in [4.69, 9.17) is 4.42 Å². The zero-order chi connectivity index (χ0) is 13.9. The number of fused-ring (bicyclic) bond motifs is 1. The predicted molar refractivity (Wildman–Crippen MR) is 79.7 cm³/mol. The topological polar surface area (TPSA) is 55.1 Å². The third-order valence-electron chi connectivity index (χ3n) is 3.36. The number of amides is 1. The molecule has 0 radical (unpaired) electrons. The molecular weight excluding hydrogens is 272 g/mol. The molecule has 1 atom stereocenters. The van der Waals surface area contributed by atoms with Crippen molar-refractivity contribution < 1.29 is 9.21 Å². The van der Waals surface area contributed by atoms with Gasteiger partial charge in [-0.05, 0) is 43.4 Å². The van der Waals surface area contributed by atoms with E-state index in [9.17, 15) is 4.79 Å². The molecule has 3 rings (SSSR count). The Morgan fingerprint density at radius 2 is 2.50 bits per heavy atom. The molecule has 1 aliphatic rings. The number of hydrogen-bond donors (Lipinski definition) is 1. The van der Waals surface area contributed by atoms with Gasteiger partial charge in [-0.1, -0.05) is 6.92 Å². The largest absolute Gasteiger partial charge is 0.465 e. The SMILES string of the molecule is CC1CCc2nc(NC(=O)C=Cc3ccco3)sc2C1. The first-order chi connectivity index (χ1) is 9.70. The van der Waals surface area contributed by atoms with E-state index in [-0.39, 0.29) is 5.91 Å². The molecule has 1 unspecified atom stereocenters. The highest BCUT2D eigenvalue weighted by atomic mass is 32.1. The molecule has 1 aliphatic carbocycles. The number of carbonyl (C=O) groups is 1. The number of furan rings is 1. The molecule has 0 spiro atoms. The summed E-state index contributed by atoms with van der Waals surface area (Å²) in [5.74, 6) is 1.19. The van der Waals surface area contributed by atoms with Gasteiger partial charge < -0.3 is 4.42 Å². The lowest BCUT2D eigenvalue weighted by atomic mass is 9.93. The molecule has 0 saturated heterocycles. The van der Waals surface area contributed by atoms with Crippen LogP contribution >= 0.6 is 11.3 Å². The van der Waals surface area contributed by atoms with Crippen molar-refractivity contribution in [1.29, 1.82) is 0 Å². The Balaban J connectivity index is 1.64. The molecular formula is C15H16N2O2S. The number of aryl methyl sites for hydroxylation is 1. The highest BCUT2D eigenvalue weighted by Gasteiger charge is 2.20. The number of nitrogens with one attached hydrogen (secondary N) is 1. The second kappa shape index (κ2) is 5.63. The molecule has 1 N–H and O–H groups in total. The lowest BCUT2D eigenvalue weighted by Gasteiger charge is -2.15. The van der Waals surface area contributed by atoms with E-state index in [0.717, 1.165) is 18.5 Å². The monoisotopic (exact) mass is 288 g/mol. The summed E-state index contributed by atoms with van der Waals surface area (Å²) in [5.41, 5.74) is 1.15. The fourth-order valence-electron chi connectivity index (χ4n) is 2.28. The van der Waals surface area contributed by atoms with Crippen molar-refractivity contribution in [3.63, 3.8) is 0 Å². The molecule has 104 valence electrons. The Hall–Kier alpha value is -1.88. The number of anilines is 1. The minimum absolute atomic E-state index is 0.180. The lowest BCUT2D eigenvalue weighted by Crippen LogP contribution is -2.09. The Morgan fingerprint density at radius 1 is 1.60 bits per heavy atom. The molecule has 2 heterocycles. The summed E-state index contributed by atoms with van der Waals surface area (Å²) < 4.78 is 5.13. The summed E-state index contributed by atoms with van der Waals surface area (Å²) in [7, 11) is 0. The van der Waals surface area contributed by atoms with Crippen LogP contribution in [0.15, 0.2) is 28.9 Å². The molecule has 4 nitrogen and oxygen atoms in total. The highest BCUT2D eigenvalue weighted by Crippen LogP contribution is 2.32. The number of nitrogens with zero attached hydrogens (tertiary/aromatic N) is 1. The first-order valence-electron chi connectivity index (χ1n) is 6.72. The van der Waals surface area contributed by atoms with Crippen molar-refractivity contribution in [1.82, 2.24) is 4.98 Å². The van der Waals surface area contributed by atoms with Gasteiger partial charge in [-0.2, -0.15) is 0 Å². The molecule has 0 bridgehead atoms. The number of rotatable bonds is 3. The van der Waals surface area contributed by atoms with Gasteiger partial charge in [0.15, 0.2) is 5.13 Å². The molecule has 5 heteroatoms. The fourth-order valence-corrected chi connectivity index (χ4v) is 3.46. The van der Waals surface area contributed by atoms with Crippen molar-refractivity contribution in [3.05, 3.63) is 40.8 Å². The van der Waals surface area contributed by atoms with E-state index in [2.05, 4.69) is 17.2 Å². The zero-order valence-corrected chi connectivity index (χ0v) is 12.1. The van der Waals surface area contributed by atoms with Crippen LogP contribution in [0.5, 0.6) is 0 Å². The van der Waals surface area contributed by atoms with Crippen molar-refractivity contribution in [2.24, 2.45) is 5.92 Å². The van der Waals surface area contributed by atoms with Gasteiger partial charge in [-0.15, -0.1) is 11.3 Å². The maximum Gasteiger partial charge on any atom is 0.250 e. The van der Waals surface area contributed by atoms with Crippen LogP contribution in [-0.2, 0) is 17.6 Å². The predicted octanol–water partition coefficient (Wildman–Crippen LogP) is 3.51. The van der Waals surface area contributed by atoms with Gasteiger partial charge in [0.2, 0.25) is 5.91 Å². The second-order valence-electron chi connectivity index (χ2n) is 5.07. The normalized spacial score (nSPS) is 18.1. The van der Waals surface area contributed by atoms with Gasteiger partial charge in [0.25, 0.3) is 0 Å². The maximum atomic E-state index is 11.8. The summed E-state index contributed by atoms with van der Waals surface area (Å²) in [6.45, 7) is 2.26. The third-order valence-corrected chi connectivity index (χ3v) is 4.39. The summed E-state index contributed by atoms with van der Waals surface area (Å²) in [6, 6.07) is 3.58. The third kappa shape index (κ3) is 2.99. The summed E-state index contributed by atoms with van der Waals surface area (Å²) >= 11 is 1.59. The van der Waals surface area contributed by atoms with Crippen molar-refractivity contribution in [3.8, 4) is 0 Å². The number of thiazole rings is 1. The van der Waals surface area contributed by atoms with Crippen LogP contribution in [0, 0.1) is 5.92 Å². The minimum atomic E-state index is -0.180. The van der Waals surface area contributed by atoms with Crippen LogP contribution in [0.2, 0.25) is 0 Å². The number of carbonyl (C=O) groups excluding carboxylic acids is 1. The van der Waals surface area contributed by atoms with Crippen molar-refractivity contribution in [2.75, 3.05) is 5.32 Å². The second-order valence-corrected chi connectivity index (χ2v) is 6.16. The number of aromatic nitrogens is 1. The molecule has 2 aromatic heterocycles. The Bertz CT molecular complexity index is 628. The molecule has 1 amide bonds. The first-order valence-corrected chi connectivity index (χ1v) is 7.53. The van der Waals surface area contributed by atoms with Gasteiger partial charge in [-0.25, -0.2) is 4.98 Å². The van der Waals surface area contributed by atoms with E-state index < -0.39 is 0 Å². The van der Waals surface area contributed by atoms with E-state index in [1.165, 1.54) is 17.4 Å². The van der Waals surface area contributed by atoms with Crippen LogP contribution in [0.4, 0.5) is 5.13 Å². The van der Waals surface area contributed by atoms with Crippen LogP contribution in [0.1, 0.15) is 29.7 Å². The average Bonchev–Trinajstić information content (AvgIpc) is 3.04. The molecule has 0 saturated carbocycles. The van der Waals surface area contributed by atoms with E-state index in [0.29, 0.717) is 16.8 Å². The molecule has 0 aliphatic heterocycles. The average molecular weight is 288 g/mol. The lowest BCUT2D eigenvalue weighted by molar-refractivity contribution is -0.111. The van der Waals surface area contributed by atoms with Crippen LogP contribution < -0.4 is 5.32 Å². The Kier molecular flexibility index (Phi) is 3.69. The van der Waals surface area contributed by atoms with Gasteiger partial charge in [-0.3, -0.25) is 10.1 Å². The Morgan fingerprint density at radius 3 is 3.30 bits per heavy atom. The molecule has 0 aromatic carbocycles. The van der Waals surface area contributed by atoms with E-state index in [1.54, 1.807) is 35.8 Å². The van der Waals surface area contributed by atoms with Crippen LogP contribution in [-0.4, -0.2) is 10.9 Å². The quantitative estimate of drug-likeness (QED) is 0.879. The highest BCUT2D eigenvalue weighted by molar-refractivity contribution is 7.15. The first kappa shape index (κ1) is 13.1. The van der Waals surface area contributed by atoms with E-state index >= 15 is 0 Å². The maximum absolute atomic E-state index is 11.8. The van der Waals surface area contributed by atoms with Gasteiger partial charge in [0, 0.05) is 11.0 Å². The Labute approximate surface area is 121 Å². The summed E-state index contributed by atoms with van der Waals surface area (Å²) in [6.07, 6.45) is 7.96. The van der Waals surface area contributed by atoms with Crippen LogP contribution in [0.3, 0.4) is 0 Å². The smallest absolute Gasteiger partial charge is 0.250 e. The van der Waals surface area contributed by atoms with Gasteiger partial charge >= 0.3 is 0 Å². The minimum Gasteiger partial charge on any atom is -0.465 e. The van der Waals surface area contributed by atoms with E-state index in [1.807, 2.05) is 0 Å². The summed E-state index contributed by atoms with van der Waals surface area (Å²) in [4.78, 5) is 17.6. The van der Waals surface area contributed by atoms with Crippen molar-refractivity contribution in [2.45, 2.75) is 26.2 Å². The standard InChI is InChI=1S/C15H16N2O2S/c1-10-4-6-12-13(9-10)20-15(16-12)17-14(18)7-5-11-3-2-8-19-11/h2-3,5,7-8,10H,4,6,9H2,1H3,(H,16,17,18). The summed E-state index contributed by atoms with van der Waals surface area (Å²) in [5, 5.41) is 3.51. The van der Waals surface area contributed by atoms with Crippen LogP contribution in [0.25, 0.3) is 6.08 Å². The molecule has 0 fully saturated rings. The number of hydrogen-bond acceptors (Lipinski definition) is 4.